The molecule has 0 spiro atoms. The lowest BCUT2D eigenvalue weighted by Crippen LogP contribution is -2.54. The Kier molecular flexibility index (Phi) is 5.78. The van der Waals surface area contributed by atoms with Crippen LogP contribution in [0.5, 0.6) is 0 Å². The predicted octanol–water partition coefficient (Wildman–Crippen LogP) is 2.21. The van der Waals surface area contributed by atoms with Crippen LogP contribution in [0.2, 0.25) is 0 Å². The van der Waals surface area contributed by atoms with Gasteiger partial charge in [0, 0.05) is 44.2 Å². The van der Waals surface area contributed by atoms with E-state index in [0.29, 0.717) is 18.6 Å². The molecule has 0 aromatic rings. The summed E-state index contributed by atoms with van der Waals surface area (Å²) in [4.78, 5) is 16.3. The third-order valence-corrected chi connectivity index (χ3v) is 5.85. The van der Waals surface area contributed by atoms with Gasteiger partial charge in [0.25, 0.3) is 0 Å². The van der Waals surface area contributed by atoms with Gasteiger partial charge >= 0.3 is 12.2 Å². The van der Waals surface area contributed by atoms with E-state index < -0.39 is 24.6 Å². The number of alkyl halides is 3. The summed E-state index contributed by atoms with van der Waals surface area (Å²) in [5, 5.41) is 12.2. The minimum Gasteiger partial charge on any atom is -0.396 e. The molecule has 2 amide bonds. The Morgan fingerprint density at radius 3 is 2.52 bits per heavy atom. The van der Waals surface area contributed by atoms with Crippen molar-refractivity contribution in [3.63, 3.8) is 0 Å². The van der Waals surface area contributed by atoms with E-state index in [1.54, 1.807) is 0 Å². The number of hydrogen-bond acceptors (Lipinski definition) is 3. The number of nitrogens with one attached hydrogen (secondary N) is 1. The van der Waals surface area contributed by atoms with E-state index in [1.165, 1.54) is 24.2 Å². The molecule has 0 radical (unpaired) electrons. The molecule has 3 atom stereocenters. The summed E-state index contributed by atoms with van der Waals surface area (Å²) in [5.74, 6) is -2.46. The number of hydrogen-bond donors (Lipinski definition) is 2. The molecule has 2 aliphatic heterocycles. The smallest absolute Gasteiger partial charge is 0.392 e. The summed E-state index contributed by atoms with van der Waals surface area (Å²) in [6.07, 6.45) is 1.42. The minimum atomic E-state index is -4.32. The first kappa shape index (κ1) is 18.8. The van der Waals surface area contributed by atoms with E-state index in [1.807, 2.05) is 0 Å². The van der Waals surface area contributed by atoms with E-state index in [-0.39, 0.29) is 25.5 Å². The number of halogens is 3. The molecule has 0 aromatic heterocycles. The lowest BCUT2D eigenvalue weighted by Gasteiger charge is -2.39. The monoisotopic (exact) mass is 363 g/mol. The first-order chi connectivity index (χ1) is 11.9. The fourth-order valence-electron chi connectivity index (χ4n) is 4.28. The van der Waals surface area contributed by atoms with Crippen molar-refractivity contribution in [3.05, 3.63) is 0 Å². The second-order valence-corrected chi connectivity index (χ2v) is 7.63. The van der Waals surface area contributed by atoms with Crippen LogP contribution in [0.15, 0.2) is 0 Å². The van der Waals surface area contributed by atoms with Crippen LogP contribution >= 0.6 is 0 Å². The van der Waals surface area contributed by atoms with E-state index in [0.717, 1.165) is 19.4 Å². The Labute approximate surface area is 146 Å². The summed E-state index contributed by atoms with van der Waals surface area (Å²) in [5.41, 5.74) is 0. The van der Waals surface area contributed by atoms with Crippen LogP contribution in [0.25, 0.3) is 0 Å². The maximum absolute atomic E-state index is 13.0. The molecule has 2 saturated heterocycles. The highest BCUT2D eigenvalue weighted by Gasteiger charge is 2.47. The van der Waals surface area contributed by atoms with Crippen molar-refractivity contribution in [2.75, 3.05) is 32.8 Å². The lowest BCUT2D eigenvalue weighted by molar-refractivity contribution is -0.202. The van der Waals surface area contributed by atoms with Crippen molar-refractivity contribution in [3.8, 4) is 0 Å². The molecular weight excluding hydrogens is 335 g/mol. The van der Waals surface area contributed by atoms with Gasteiger partial charge in [-0.25, -0.2) is 4.79 Å². The van der Waals surface area contributed by atoms with Gasteiger partial charge in [0.05, 0.1) is 5.92 Å². The molecule has 3 fully saturated rings. The number of nitrogens with zero attached hydrogens (tertiary/aromatic N) is 2. The Hall–Kier alpha value is -1.02. The van der Waals surface area contributed by atoms with Crippen molar-refractivity contribution >= 4 is 6.03 Å². The van der Waals surface area contributed by atoms with Gasteiger partial charge < -0.3 is 15.3 Å². The number of rotatable bonds is 4. The number of amides is 2. The first-order valence-electron chi connectivity index (χ1n) is 9.36. The van der Waals surface area contributed by atoms with Crippen molar-refractivity contribution < 1.29 is 23.1 Å². The van der Waals surface area contributed by atoms with Gasteiger partial charge in [0.2, 0.25) is 0 Å². The zero-order chi connectivity index (χ0) is 18.0. The quantitative estimate of drug-likeness (QED) is 0.805. The third-order valence-electron chi connectivity index (χ3n) is 5.85. The molecule has 8 heteroatoms. The van der Waals surface area contributed by atoms with Crippen LogP contribution in [0.3, 0.4) is 0 Å². The highest BCUT2D eigenvalue weighted by molar-refractivity contribution is 5.74. The zero-order valence-corrected chi connectivity index (χ0v) is 14.5. The molecule has 0 aromatic carbocycles. The van der Waals surface area contributed by atoms with Crippen LogP contribution in [0.4, 0.5) is 18.0 Å². The molecule has 1 saturated carbocycles. The molecule has 1 aliphatic carbocycles. The molecule has 2 heterocycles. The van der Waals surface area contributed by atoms with Crippen molar-refractivity contribution in [1.82, 2.24) is 15.1 Å². The topological polar surface area (TPSA) is 55.8 Å². The van der Waals surface area contributed by atoms with Crippen LogP contribution in [0.1, 0.15) is 38.5 Å². The van der Waals surface area contributed by atoms with Crippen molar-refractivity contribution in [2.45, 2.75) is 56.8 Å². The zero-order valence-electron chi connectivity index (χ0n) is 14.5. The highest BCUT2D eigenvalue weighted by atomic mass is 19.4. The van der Waals surface area contributed by atoms with E-state index in [9.17, 15) is 23.1 Å². The Morgan fingerprint density at radius 1 is 1.12 bits per heavy atom. The molecule has 2 N–H and O–H groups in total. The van der Waals surface area contributed by atoms with E-state index in [2.05, 4.69) is 10.2 Å². The third kappa shape index (κ3) is 4.58. The van der Waals surface area contributed by atoms with Gasteiger partial charge in [-0.3, -0.25) is 4.90 Å². The maximum atomic E-state index is 13.0. The standard InChI is InChI=1S/C17H28F3N3O2/c18-17(19,20)15-6-8-22(10-12(15)11-24)16(25)21-9-14-3-1-2-7-23(14)13-4-5-13/h12-15,24H,1-11H2,(H,21,25). The average molecular weight is 363 g/mol. The molecule has 144 valence electrons. The number of carbonyl (C=O) groups excluding carboxylic acids is 1. The summed E-state index contributed by atoms with van der Waals surface area (Å²) >= 11 is 0. The van der Waals surface area contributed by atoms with Gasteiger partial charge in [0.15, 0.2) is 0 Å². The summed E-state index contributed by atoms with van der Waals surface area (Å²) in [6.45, 7) is 1.13. The Balaban J connectivity index is 1.50. The van der Waals surface area contributed by atoms with Gasteiger partial charge in [0.1, 0.15) is 0 Å². The number of carbonyl (C=O) groups is 1. The van der Waals surface area contributed by atoms with Crippen LogP contribution in [-0.4, -0.2) is 72.0 Å². The Bertz CT molecular complexity index is 471. The van der Waals surface area contributed by atoms with E-state index >= 15 is 0 Å². The minimum absolute atomic E-state index is 0.0382. The van der Waals surface area contributed by atoms with Gasteiger partial charge in [-0.2, -0.15) is 13.2 Å². The largest absolute Gasteiger partial charge is 0.396 e. The molecule has 3 rings (SSSR count). The SMILES string of the molecule is O=C(NCC1CCCCN1C1CC1)N1CCC(C(F)(F)F)C(CO)C1. The summed E-state index contributed by atoms with van der Waals surface area (Å²) in [6, 6.07) is 0.690. The summed E-state index contributed by atoms with van der Waals surface area (Å²) in [7, 11) is 0. The van der Waals surface area contributed by atoms with Crippen LogP contribution < -0.4 is 5.32 Å². The number of aliphatic hydroxyl groups is 1. The van der Waals surface area contributed by atoms with Crippen molar-refractivity contribution in [1.29, 1.82) is 0 Å². The Morgan fingerprint density at radius 2 is 1.88 bits per heavy atom. The predicted molar refractivity (Wildman–Crippen MR) is 87.1 cm³/mol. The number of piperidine rings is 2. The van der Waals surface area contributed by atoms with Gasteiger partial charge in [-0.05, 0) is 38.6 Å². The number of likely N-dealkylation sites (tertiary alicyclic amines) is 2. The first-order valence-corrected chi connectivity index (χ1v) is 9.36. The lowest BCUT2D eigenvalue weighted by atomic mass is 9.85. The van der Waals surface area contributed by atoms with Gasteiger partial charge in [-0.1, -0.05) is 6.42 Å². The molecule has 3 aliphatic rings. The van der Waals surface area contributed by atoms with Crippen LogP contribution in [0, 0.1) is 11.8 Å². The maximum Gasteiger partial charge on any atom is 0.392 e. The average Bonchev–Trinajstić information content (AvgIpc) is 3.43. The number of urea groups is 1. The fraction of sp³-hybridized carbons (Fsp3) is 0.941. The molecule has 3 unspecified atom stereocenters. The molecule has 25 heavy (non-hydrogen) atoms. The fourth-order valence-corrected chi connectivity index (χ4v) is 4.28. The normalized spacial score (nSPS) is 31.8. The summed E-state index contributed by atoms with van der Waals surface area (Å²) < 4.78 is 39.0. The van der Waals surface area contributed by atoms with E-state index in [4.69, 9.17) is 0 Å². The van der Waals surface area contributed by atoms with Gasteiger partial charge in [-0.15, -0.1) is 0 Å². The molecular formula is C17H28F3N3O2. The number of aliphatic hydroxyl groups excluding tert-OH is 1. The van der Waals surface area contributed by atoms with Crippen molar-refractivity contribution in [2.24, 2.45) is 11.8 Å². The molecule has 0 bridgehead atoms. The second kappa shape index (κ2) is 7.70. The second-order valence-electron chi connectivity index (χ2n) is 7.63. The van der Waals surface area contributed by atoms with Crippen LogP contribution in [-0.2, 0) is 0 Å². The molecule has 5 nitrogen and oxygen atoms in total. The highest BCUT2D eigenvalue weighted by Crippen LogP contribution is 2.37.